The van der Waals surface area contributed by atoms with Crippen LogP contribution < -0.4 is 10.1 Å². The molecule has 90 valence electrons. The van der Waals surface area contributed by atoms with Crippen molar-refractivity contribution < 1.29 is 4.74 Å². The molecule has 1 N–H and O–H groups in total. The van der Waals surface area contributed by atoms with E-state index in [-0.39, 0.29) is 6.10 Å². The molecular formula is C14H23NO. The largest absolute Gasteiger partial charge is 0.491 e. The van der Waals surface area contributed by atoms with Crippen LogP contribution in [-0.4, -0.2) is 19.2 Å². The van der Waals surface area contributed by atoms with Gasteiger partial charge in [0.2, 0.25) is 0 Å². The van der Waals surface area contributed by atoms with Crippen LogP contribution in [-0.2, 0) is 0 Å². The fourth-order valence-corrected chi connectivity index (χ4v) is 1.90. The van der Waals surface area contributed by atoms with Crippen LogP contribution in [0.4, 0.5) is 0 Å². The quantitative estimate of drug-likeness (QED) is 0.825. The molecule has 0 aliphatic rings. The molecule has 1 aromatic rings. The van der Waals surface area contributed by atoms with E-state index in [1.54, 1.807) is 0 Å². The molecule has 0 aliphatic carbocycles. The van der Waals surface area contributed by atoms with Gasteiger partial charge in [-0.1, -0.05) is 6.07 Å². The summed E-state index contributed by atoms with van der Waals surface area (Å²) in [6.45, 7) is 8.48. The van der Waals surface area contributed by atoms with E-state index in [1.165, 1.54) is 11.1 Å². The highest BCUT2D eigenvalue weighted by atomic mass is 16.5. The summed E-state index contributed by atoms with van der Waals surface area (Å²) in [4.78, 5) is 0. The van der Waals surface area contributed by atoms with Crippen molar-refractivity contribution in [2.45, 2.75) is 46.3 Å². The lowest BCUT2D eigenvalue weighted by molar-refractivity contribution is 0.197. The van der Waals surface area contributed by atoms with Crippen LogP contribution in [0.3, 0.4) is 0 Å². The van der Waals surface area contributed by atoms with Gasteiger partial charge >= 0.3 is 0 Å². The molecule has 0 saturated heterocycles. The smallest absolute Gasteiger partial charge is 0.120 e. The topological polar surface area (TPSA) is 21.3 Å². The predicted molar refractivity (Wildman–Crippen MR) is 69.1 cm³/mol. The second-order valence-corrected chi connectivity index (χ2v) is 4.68. The molecule has 0 saturated carbocycles. The maximum Gasteiger partial charge on any atom is 0.120 e. The lowest BCUT2D eigenvalue weighted by Gasteiger charge is -2.19. The molecule has 2 atom stereocenters. The van der Waals surface area contributed by atoms with Gasteiger partial charge in [0, 0.05) is 6.04 Å². The van der Waals surface area contributed by atoms with Gasteiger partial charge in [-0.15, -0.1) is 0 Å². The molecule has 0 amide bonds. The van der Waals surface area contributed by atoms with Crippen molar-refractivity contribution in [1.82, 2.24) is 5.32 Å². The Morgan fingerprint density at radius 1 is 1.12 bits per heavy atom. The summed E-state index contributed by atoms with van der Waals surface area (Å²) in [5, 5.41) is 3.22. The summed E-state index contributed by atoms with van der Waals surface area (Å²) in [5.74, 6) is 0.980. The minimum absolute atomic E-state index is 0.239. The Hall–Kier alpha value is -1.02. The van der Waals surface area contributed by atoms with Crippen molar-refractivity contribution in [1.29, 1.82) is 0 Å². The van der Waals surface area contributed by atoms with Crippen molar-refractivity contribution in [3.05, 3.63) is 29.3 Å². The Balaban J connectivity index is 2.58. The average Bonchev–Trinajstić information content (AvgIpc) is 2.15. The van der Waals surface area contributed by atoms with Gasteiger partial charge in [-0.2, -0.15) is 0 Å². The summed E-state index contributed by atoms with van der Waals surface area (Å²) in [5.41, 5.74) is 2.51. The molecule has 0 fully saturated rings. The Bertz CT molecular complexity index is 315. The van der Waals surface area contributed by atoms with Crippen LogP contribution >= 0.6 is 0 Å². The van der Waals surface area contributed by atoms with Crippen molar-refractivity contribution in [3.63, 3.8) is 0 Å². The van der Waals surface area contributed by atoms with Crippen LogP contribution in [0.2, 0.25) is 0 Å². The second-order valence-electron chi connectivity index (χ2n) is 4.68. The lowest BCUT2D eigenvalue weighted by Crippen LogP contribution is -2.28. The third-order valence-electron chi connectivity index (χ3n) is 2.71. The van der Waals surface area contributed by atoms with Crippen molar-refractivity contribution in [2.24, 2.45) is 0 Å². The summed E-state index contributed by atoms with van der Waals surface area (Å²) in [6.07, 6.45) is 1.26. The molecular weight excluding hydrogens is 198 g/mol. The summed E-state index contributed by atoms with van der Waals surface area (Å²) < 4.78 is 5.91. The Kier molecular flexibility index (Phi) is 4.81. The predicted octanol–water partition coefficient (Wildman–Crippen LogP) is 3.07. The molecule has 2 unspecified atom stereocenters. The van der Waals surface area contributed by atoms with Gasteiger partial charge in [-0.05, 0) is 64.4 Å². The van der Waals surface area contributed by atoms with Crippen molar-refractivity contribution in [3.8, 4) is 5.75 Å². The molecule has 0 bridgehead atoms. The summed E-state index contributed by atoms with van der Waals surface area (Å²) in [6, 6.07) is 6.83. The number of rotatable bonds is 5. The van der Waals surface area contributed by atoms with Crippen LogP contribution in [0.25, 0.3) is 0 Å². The molecule has 0 radical (unpaired) electrons. The van der Waals surface area contributed by atoms with E-state index in [1.807, 2.05) is 7.05 Å². The second kappa shape index (κ2) is 5.90. The molecule has 0 aromatic heterocycles. The monoisotopic (exact) mass is 221 g/mol. The highest BCUT2D eigenvalue weighted by Crippen LogP contribution is 2.18. The molecule has 1 aromatic carbocycles. The van der Waals surface area contributed by atoms with Gasteiger partial charge in [0.15, 0.2) is 0 Å². The molecule has 16 heavy (non-hydrogen) atoms. The summed E-state index contributed by atoms with van der Waals surface area (Å²) >= 11 is 0. The molecule has 0 heterocycles. The molecule has 1 rings (SSSR count). The fraction of sp³-hybridized carbons (Fsp3) is 0.571. The fourth-order valence-electron chi connectivity index (χ4n) is 1.90. The first-order valence-electron chi connectivity index (χ1n) is 5.93. The Morgan fingerprint density at radius 3 is 2.19 bits per heavy atom. The zero-order valence-corrected chi connectivity index (χ0v) is 11.0. The van der Waals surface area contributed by atoms with Crippen LogP contribution in [0, 0.1) is 13.8 Å². The minimum atomic E-state index is 0.239. The zero-order valence-electron chi connectivity index (χ0n) is 11.0. The first-order valence-corrected chi connectivity index (χ1v) is 5.93. The number of hydrogen-bond acceptors (Lipinski definition) is 2. The first kappa shape index (κ1) is 13.0. The Morgan fingerprint density at radius 2 is 1.69 bits per heavy atom. The molecule has 2 heteroatoms. The van der Waals surface area contributed by atoms with Gasteiger partial charge in [0.1, 0.15) is 5.75 Å². The third-order valence-corrected chi connectivity index (χ3v) is 2.71. The average molecular weight is 221 g/mol. The Labute approximate surface area is 99.0 Å². The molecule has 0 aliphatic heterocycles. The van der Waals surface area contributed by atoms with E-state index in [0.29, 0.717) is 6.04 Å². The SMILES string of the molecule is CNC(C)CC(C)Oc1cc(C)cc(C)c1. The normalized spacial score (nSPS) is 14.6. The summed E-state index contributed by atoms with van der Waals surface area (Å²) in [7, 11) is 1.98. The van der Waals surface area contributed by atoms with Crippen LogP contribution in [0.1, 0.15) is 31.4 Å². The highest BCUT2D eigenvalue weighted by molar-refractivity contribution is 5.33. The van der Waals surface area contributed by atoms with Crippen LogP contribution in [0.5, 0.6) is 5.75 Å². The maximum absolute atomic E-state index is 5.91. The molecule has 2 nitrogen and oxygen atoms in total. The first-order chi connectivity index (χ1) is 7.51. The van der Waals surface area contributed by atoms with E-state index in [2.05, 4.69) is 51.2 Å². The maximum atomic E-state index is 5.91. The lowest BCUT2D eigenvalue weighted by atomic mass is 10.1. The van der Waals surface area contributed by atoms with E-state index in [9.17, 15) is 0 Å². The number of aryl methyl sites for hydroxylation is 2. The third kappa shape index (κ3) is 4.23. The molecule has 0 spiro atoms. The highest BCUT2D eigenvalue weighted by Gasteiger charge is 2.08. The van der Waals surface area contributed by atoms with E-state index in [0.717, 1.165) is 12.2 Å². The van der Waals surface area contributed by atoms with Gasteiger partial charge in [-0.3, -0.25) is 0 Å². The van der Waals surface area contributed by atoms with Gasteiger partial charge in [0.25, 0.3) is 0 Å². The van der Waals surface area contributed by atoms with E-state index >= 15 is 0 Å². The standard InChI is InChI=1S/C14H23NO/c1-10-6-11(2)8-14(7-10)16-13(4)9-12(3)15-5/h6-8,12-13,15H,9H2,1-5H3. The van der Waals surface area contributed by atoms with Gasteiger partial charge in [-0.25, -0.2) is 0 Å². The zero-order chi connectivity index (χ0) is 12.1. The van der Waals surface area contributed by atoms with E-state index < -0.39 is 0 Å². The van der Waals surface area contributed by atoms with Gasteiger partial charge < -0.3 is 10.1 Å². The number of nitrogens with one attached hydrogen (secondary N) is 1. The number of benzene rings is 1. The number of ether oxygens (including phenoxy) is 1. The van der Waals surface area contributed by atoms with Gasteiger partial charge in [0.05, 0.1) is 6.10 Å². The van der Waals surface area contributed by atoms with Crippen molar-refractivity contribution >= 4 is 0 Å². The van der Waals surface area contributed by atoms with Crippen molar-refractivity contribution in [2.75, 3.05) is 7.05 Å². The van der Waals surface area contributed by atoms with Crippen LogP contribution in [0.15, 0.2) is 18.2 Å². The minimum Gasteiger partial charge on any atom is -0.491 e. The van der Waals surface area contributed by atoms with E-state index in [4.69, 9.17) is 4.74 Å². The number of hydrogen-bond donors (Lipinski definition) is 1.